The molecule has 2 N–H and O–H groups in total. The number of sulfonamides is 1. The topological polar surface area (TPSA) is 84.1 Å². The van der Waals surface area contributed by atoms with Crippen LogP contribution in [0.15, 0.2) is 30.7 Å². The molecule has 0 saturated carbocycles. The van der Waals surface area contributed by atoms with Crippen LogP contribution in [-0.4, -0.2) is 44.4 Å². The molecule has 1 heterocycles. The lowest BCUT2D eigenvalue weighted by molar-refractivity contribution is 0.131. The summed E-state index contributed by atoms with van der Waals surface area (Å²) in [5, 5.41) is 0. The fourth-order valence-electron chi connectivity index (χ4n) is 2.46. The summed E-state index contributed by atoms with van der Waals surface area (Å²) in [5.41, 5.74) is 4.62. The zero-order valence-electron chi connectivity index (χ0n) is 13.7. The number of ether oxygens (including phenoxy) is 1. The maximum atomic E-state index is 11.0. The third-order valence-corrected chi connectivity index (χ3v) is 4.54. The summed E-state index contributed by atoms with van der Waals surface area (Å²) in [6.45, 7) is 5.22. The number of aryl methyl sites for hydroxylation is 1. The molecule has 6 nitrogen and oxygen atoms in total. The monoisotopic (exact) mass is 337 g/mol. The number of imidazole rings is 1. The second-order valence-corrected chi connectivity index (χ2v) is 7.42. The van der Waals surface area contributed by atoms with Crippen molar-refractivity contribution in [3.8, 4) is 0 Å². The number of rotatable bonds is 8. The highest BCUT2D eigenvalue weighted by Gasteiger charge is 2.18. The predicted octanol–water partition coefficient (Wildman–Crippen LogP) is 1.72. The summed E-state index contributed by atoms with van der Waals surface area (Å²) in [6.07, 6.45) is 4.58. The third-order valence-electron chi connectivity index (χ3n) is 3.81. The van der Waals surface area contributed by atoms with E-state index in [0.29, 0.717) is 13.2 Å². The van der Waals surface area contributed by atoms with Crippen LogP contribution in [-0.2, 0) is 14.8 Å². The van der Waals surface area contributed by atoms with Crippen LogP contribution < -0.4 is 4.72 Å². The summed E-state index contributed by atoms with van der Waals surface area (Å²) in [7, 11) is -3.18. The number of nitrogens with one attached hydrogen (secondary N) is 2. The van der Waals surface area contributed by atoms with Crippen LogP contribution in [0.4, 0.5) is 0 Å². The van der Waals surface area contributed by atoms with Crippen molar-refractivity contribution in [2.45, 2.75) is 19.8 Å². The minimum atomic E-state index is -3.18. The Morgan fingerprint density at radius 3 is 2.78 bits per heavy atom. The first-order valence-corrected chi connectivity index (χ1v) is 9.34. The molecule has 0 bridgehead atoms. The van der Waals surface area contributed by atoms with Crippen molar-refractivity contribution >= 4 is 10.0 Å². The summed E-state index contributed by atoms with van der Waals surface area (Å²) in [6, 6.07) is 6.21. The molecule has 0 fully saturated rings. The van der Waals surface area contributed by atoms with Crippen LogP contribution in [0.25, 0.3) is 0 Å². The molecule has 0 aliphatic rings. The molecule has 126 valence electrons. The Kier molecular flexibility index (Phi) is 5.92. The molecule has 1 unspecified atom stereocenters. The smallest absolute Gasteiger partial charge is 0.208 e. The number of nitrogens with zero attached hydrogens (tertiary/aromatic N) is 1. The van der Waals surface area contributed by atoms with Gasteiger partial charge in [0.1, 0.15) is 0 Å². The van der Waals surface area contributed by atoms with Crippen LogP contribution in [0, 0.1) is 13.8 Å². The van der Waals surface area contributed by atoms with E-state index in [4.69, 9.17) is 4.74 Å². The van der Waals surface area contributed by atoms with Crippen molar-refractivity contribution in [1.82, 2.24) is 14.7 Å². The van der Waals surface area contributed by atoms with E-state index < -0.39 is 10.0 Å². The van der Waals surface area contributed by atoms with Gasteiger partial charge >= 0.3 is 0 Å². The molecule has 2 rings (SSSR count). The quantitative estimate of drug-likeness (QED) is 0.719. The molecule has 0 aliphatic carbocycles. The van der Waals surface area contributed by atoms with Crippen molar-refractivity contribution in [3.63, 3.8) is 0 Å². The van der Waals surface area contributed by atoms with Gasteiger partial charge in [-0.1, -0.05) is 18.2 Å². The first-order chi connectivity index (χ1) is 10.9. The third kappa shape index (κ3) is 5.16. The zero-order valence-corrected chi connectivity index (χ0v) is 14.5. The highest BCUT2D eigenvalue weighted by atomic mass is 32.2. The van der Waals surface area contributed by atoms with Crippen molar-refractivity contribution < 1.29 is 13.2 Å². The Labute approximate surface area is 137 Å². The molecule has 1 atom stereocenters. The number of benzene rings is 1. The van der Waals surface area contributed by atoms with Gasteiger partial charge in [0.25, 0.3) is 0 Å². The van der Waals surface area contributed by atoms with Crippen LogP contribution in [0.3, 0.4) is 0 Å². The van der Waals surface area contributed by atoms with Crippen molar-refractivity contribution in [3.05, 3.63) is 53.1 Å². The Morgan fingerprint density at radius 1 is 1.35 bits per heavy atom. The highest BCUT2D eigenvalue weighted by molar-refractivity contribution is 7.88. The van der Waals surface area contributed by atoms with E-state index in [0.717, 1.165) is 11.9 Å². The van der Waals surface area contributed by atoms with E-state index in [9.17, 15) is 8.42 Å². The van der Waals surface area contributed by atoms with E-state index in [1.807, 2.05) is 6.07 Å². The maximum absolute atomic E-state index is 11.0. The molecule has 0 amide bonds. The molecule has 0 spiro atoms. The van der Waals surface area contributed by atoms with Crippen molar-refractivity contribution in [2.24, 2.45) is 0 Å². The lowest BCUT2D eigenvalue weighted by atomic mass is 9.91. The average molecular weight is 337 g/mol. The minimum absolute atomic E-state index is 0.0376. The maximum Gasteiger partial charge on any atom is 0.208 e. The molecule has 23 heavy (non-hydrogen) atoms. The molecule has 0 aliphatic heterocycles. The van der Waals surface area contributed by atoms with Gasteiger partial charge in [-0.3, -0.25) is 0 Å². The van der Waals surface area contributed by atoms with Crippen molar-refractivity contribution in [1.29, 1.82) is 0 Å². The van der Waals surface area contributed by atoms with Crippen molar-refractivity contribution in [2.75, 3.05) is 26.0 Å². The van der Waals surface area contributed by atoms with Crippen LogP contribution in [0.1, 0.15) is 28.3 Å². The summed E-state index contributed by atoms with van der Waals surface area (Å²) >= 11 is 0. The fourth-order valence-corrected chi connectivity index (χ4v) is 2.91. The largest absolute Gasteiger partial charge is 0.379 e. The normalized spacial score (nSPS) is 13.2. The molecule has 1 aromatic carbocycles. The van der Waals surface area contributed by atoms with Gasteiger partial charge in [0.15, 0.2) is 0 Å². The predicted molar refractivity (Wildman–Crippen MR) is 90.0 cm³/mol. The Bertz CT molecular complexity index is 727. The Balaban J connectivity index is 2.06. The van der Waals surface area contributed by atoms with Crippen LogP contribution >= 0.6 is 0 Å². The number of aromatic nitrogens is 2. The van der Waals surface area contributed by atoms with Gasteiger partial charge in [-0.25, -0.2) is 18.1 Å². The van der Waals surface area contributed by atoms with Gasteiger partial charge in [-0.05, 0) is 30.5 Å². The molecular weight excluding hydrogens is 314 g/mol. The van der Waals surface area contributed by atoms with Gasteiger partial charge in [-0.2, -0.15) is 0 Å². The van der Waals surface area contributed by atoms with Gasteiger partial charge in [0.05, 0.1) is 25.8 Å². The van der Waals surface area contributed by atoms with E-state index >= 15 is 0 Å². The first-order valence-electron chi connectivity index (χ1n) is 7.45. The van der Waals surface area contributed by atoms with E-state index in [1.165, 1.54) is 16.7 Å². The number of hydrogen-bond donors (Lipinski definition) is 2. The molecule has 1 aromatic heterocycles. The molecular formula is C16H23N3O3S. The zero-order chi connectivity index (χ0) is 16.9. The first kappa shape index (κ1) is 17.7. The molecule has 0 radical (unpaired) electrons. The summed E-state index contributed by atoms with van der Waals surface area (Å²) < 4.78 is 30.2. The number of aromatic amines is 1. The number of H-pyrrole nitrogens is 1. The lowest BCUT2D eigenvalue weighted by Gasteiger charge is -2.19. The van der Waals surface area contributed by atoms with Gasteiger partial charge in [-0.15, -0.1) is 0 Å². The van der Waals surface area contributed by atoms with E-state index in [-0.39, 0.29) is 12.5 Å². The molecule has 7 heteroatoms. The molecule has 2 aromatic rings. The highest BCUT2D eigenvalue weighted by Crippen LogP contribution is 2.27. The Morgan fingerprint density at radius 2 is 2.13 bits per heavy atom. The number of hydrogen-bond acceptors (Lipinski definition) is 4. The minimum Gasteiger partial charge on any atom is -0.379 e. The summed E-state index contributed by atoms with van der Waals surface area (Å²) in [4.78, 5) is 7.24. The van der Waals surface area contributed by atoms with Crippen LogP contribution in [0.5, 0.6) is 0 Å². The van der Waals surface area contributed by atoms with Gasteiger partial charge < -0.3 is 9.72 Å². The average Bonchev–Trinajstić information content (AvgIpc) is 2.99. The second kappa shape index (κ2) is 7.72. The standard InChI is InChI=1S/C16H23N3O3S/c1-12-5-4-6-14(13(12)2)15(16-9-17-11-18-16)10-22-8-7-19-23(3,20)21/h4-6,9,11,15,19H,7-8,10H2,1-3H3,(H,17,18). The van der Waals surface area contributed by atoms with E-state index in [1.54, 1.807) is 12.5 Å². The van der Waals surface area contributed by atoms with Crippen LogP contribution in [0.2, 0.25) is 0 Å². The lowest BCUT2D eigenvalue weighted by Crippen LogP contribution is -2.26. The summed E-state index contributed by atoms with van der Waals surface area (Å²) in [5.74, 6) is 0.0376. The fraction of sp³-hybridized carbons (Fsp3) is 0.438. The van der Waals surface area contributed by atoms with E-state index in [2.05, 4.69) is 40.7 Å². The van der Waals surface area contributed by atoms with Gasteiger partial charge in [0.2, 0.25) is 10.0 Å². The SMILES string of the molecule is Cc1cccc(C(COCCNS(C)(=O)=O)c2cnc[nH]2)c1C. The van der Waals surface area contributed by atoms with Gasteiger partial charge in [0, 0.05) is 24.4 Å². The molecule has 0 saturated heterocycles. The Hall–Kier alpha value is -1.70. The second-order valence-electron chi connectivity index (χ2n) is 5.59.